The molecule has 0 fully saturated rings. The van der Waals surface area contributed by atoms with Crippen molar-refractivity contribution >= 4 is 11.3 Å². The molecule has 0 N–H and O–H groups in total. The van der Waals surface area contributed by atoms with Crippen LogP contribution in [0.4, 0.5) is 0 Å². The molecule has 0 aliphatic heterocycles. The molecule has 0 saturated carbocycles. The third kappa shape index (κ3) is 5.53. The van der Waals surface area contributed by atoms with Crippen LogP contribution in [0.15, 0.2) is 96.2 Å². The van der Waals surface area contributed by atoms with Crippen LogP contribution in [0.1, 0.15) is 48.9 Å². The molecule has 0 saturated heterocycles. The van der Waals surface area contributed by atoms with Crippen LogP contribution in [-0.4, -0.2) is 5.71 Å². The average Bonchev–Trinajstić information content (AvgIpc) is 2.70. The van der Waals surface area contributed by atoms with Gasteiger partial charge >= 0.3 is 0 Å². The zero-order valence-corrected chi connectivity index (χ0v) is 17.6. The maximum absolute atomic E-state index is 4.95. The lowest BCUT2D eigenvalue weighted by atomic mass is 9.95. The molecule has 0 unspecified atom stereocenters. The Hall–Kier alpha value is -2.93. The van der Waals surface area contributed by atoms with E-state index in [4.69, 9.17) is 4.99 Å². The van der Waals surface area contributed by atoms with Crippen molar-refractivity contribution in [3.8, 4) is 0 Å². The van der Waals surface area contributed by atoms with E-state index in [2.05, 4.69) is 70.3 Å². The Morgan fingerprint density at radius 2 is 1.75 bits per heavy atom. The summed E-state index contributed by atoms with van der Waals surface area (Å²) in [4.78, 5) is 4.95. The second-order valence-corrected chi connectivity index (χ2v) is 7.02. The van der Waals surface area contributed by atoms with Crippen LogP contribution in [0.5, 0.6) is 0 Å². The number of hydrogen-bond donors (Lipinski definition) is 0. The summed E-state index contributed by atoms with van der Waals surface area (Å²) in [7, 11) is 0. The minimum Gasteiger partial charge on any atom is -0.253 e. The van der Waals surface area contributed by atoms with Crippen LogP contribution in [0.3, 0.4) is 0 Å². The van der Waals surface area contributed by atoms with E-state index in [1.807, 2.05) is 37.3 Å². The highest BCUT2D eigenvalue weighted by Crippen LogP contribution is 2.28. The van der Waals surface area contributed by atoms with Gasteiger partial charge in [-0.05, 0) is 55.5 Å². The third-order valence-electron chi connectivity index (χ3n) is 4.67. The van der Waals surface area contributed by atoms with E-state index in [1.165, 1.54) is 16.7 Å². The Morgan fingerprint density at radius 1 is 1.04 bits per heavy atom. The molecule has 0 radical (unpaired) electrons. The van der Waals surface area contributed by atoms with Gasteiger partial charge in [-0.3, -0.25) is 4.99 Å². The van der Waals surface area contributed by atoms with Gasteiger partial charge in [0, 0.05) is 11.3 Å². The molecule has 28 heavy (non-hydrogen) atoms. The predicted octanol–water partition coefficient (Wildman–Crippen LogP) is 7.62. The molecular weight excluding hydrogens is 338 g/mol. The van der Waals surface area contributed by atoms with Crippen molar-refractivity contribution in [3.63, 3.8) is 0 Å². The topological polar surface area (TPSA) is 12.4 Å². The number of aliphatic imine (C=N–C) groups is 1. The average molecular weight is 370 g/mol. The zero-order valence-electron chi connectivity index (χ0n) is 17.6. The van der Waals surface area contributed by atoms with Gasteiger partial charge in [-0.15, -0.1) is 0 Å². The lowest BCUT2D eigenvalue weighted by molar-refractivity contribution is 0.988. The lowest BCUT2D eigenvalue weighted by Gasteiger charge is -2.14. The number of aryl methyl sites for hydroxylation is 2. The Labute approximate surface area is 170 Å². The lowest BCUT2D eigenvalue weighted by Crippen LogP contribution is -2.05. The Bertz CT molecular complexity index is 924. The highest BCUT2D eigenvalue weighted by Gasteiger charge is 2.12. The fraction of sp³-hybridized carbons (Fsp3) is 0.222. The normalized spacial score (nSPS) is 12.4. The van der Waals surface area contributed by atoms with Gasteiger partial charge in [0.15, 0.2) is 0 Å². The molecule has 2 rings (SSSR count). The smallest absolute Gasteiger partial charge is 0.0634 e. The fourth-order valence-corrected chi connectivity index (χ4v) is 3.10. The number of rotatable bonds is 8. The molecule has 0 aromatic heterocycles. The molecule has 0 bridgehead atoms. The van der Waals surface area contributed by atoms with Crippen molar-refractivity contribution in [2.45, 2.75) is 40.5 Å². The zero-order chi connectivity index (χ0) is 20.5. The first-order valence-electron chi connectivity index (χ1n) is 9.90. The molecule has 2 aromatic carbocycles. The van der Waals surface area contributed by atoms with Gasteiger partial charge in [0.25, 0.3) is 0 Å². The first-order chi connectivity index (χ1) is 13.5. The summed E-state index contributed by atoms with van der Waals surface area (Å²) in [6, 6.07) is 16.8. The summed E-state index contributed by atoms with van der Waals surface area (Å²) >= 11 is 0. The maximum Gasteiger partial charge on any atom is 0.0634 e. The van der Waals surface area contributed by atoms with Gasteiger partial charge in [0.05, 0.1) is 5.70 Å². The van der Waals surface area contributed by atoms with Gasteiger partial charge in [-0.1, -0.05) is 92.8 Å². The molecule has 144 valence electrons. The summed E-state index contributed by atoms with van der Waals surface area (Å²) in [6.45, 7) is 17.0. The van der Waals surface area contributed by atoms with E-state index < -0.39 is 0 Å². The van der Waals surface area contributed by atoms with Crippen molar-refractivity contribution in [2.75, 3.05) is 0 Å². The van der Waals surface area contributed by atoms with Gasteiger partial charge in [-0.2, -0.15) is 0 Å². The highest BCUT2D eigenvalue weighted by atomic mass is 14.8. The van der Waals surface area contributed by atoms with Crippen molar-refractivity contribution in [2.24, 2.45) is 4.99 Å². The third-order valence-corrected chi connectivity index (χ3v) is 4.67. The van der Waals surface area contributed by atoms with Crippen LogP contribution in [-0.2, 0) is 0 Å². The van der Waals surface area contributed by atoms with Gasteiger partial charge < -0.3 is 0 Å². The molecule has 0 aliphatic carbocycles. The maximum atomic E-state index is 4.95. The summed E-state index contributed by atoms with van der Waals surface area (Å²) in [6.07, 6.45) is 8.07. The Kier molecular flexibility index (Phi) is 7.95. The van der Waals surface area contributed by atoms with E-state index in [-0.39, 0.29) is 0 Å². The second kappa shape index (κ2) is 10.4. The SMILES string of the molecule is C=C(N=C(CCC)c1cc(C)ccc1C)C(=C)/C(=C\C=C/C)c1ccccc1. The monoisotopic (exact) mass is 369 g/mol. The van der Waals surface area contributed by atoms with Crippen LogP contribution >= 0.6 is 0 Å². The molecule has 0 heterocycles. The quantitative estimate of drug-likeness (QED) is 0.335. The fourth-order valence-electron chi connectivity index (χ4n) is 3.10. The largest absolute Gasteiger partial charge is 0.253 e. The number of benzene rings is 2. The molecule has 1 heteroatoms. The van der Waals surface area contributed by atoms with E-state index in [1.54, 1.807) is 0 Å². The first-order valence-corrected chi connectivity index (χ1v) is 9.90. The summed E-state index contributed by atoms with van der Waals surface area (Å²) in [5, 5.41) is 0. The number of allylic oxidation sites excluding steroid dienone is 4. The highest BCUT2D eigenvalue weighted by molar-refractivity contribution is 6.03. The Balaban J connectivity index is 2.45. The van der Waals surface area contributed by atoms with E-state index >= 15 is 0 Å². The standard InChI is InChI=1S/C27H31N/c1-7-9-16-25(24-14-11-10-12-15-24)22(5)23(6)28-27(13-8-2)26-19-20(3)17-18-21(26)4/h7,9-12,14-19H,5-6,8,13H2,1-4H3/b9-7-,25-16+,28-27?. The van der Waals surface area contributed by atoms with Crippen LogP contribution in [0, 0.1) is 13.8 Å². The molecule has 0 atom stereocenters. The molecular formula is C27H31N. The van der Waals surface area contributed by atoms with E-state index in [0.717, 1.165) is 35.3 Å². The minimum atomic E-state index is 0.712. The van der Waals surface area contributed by atoms with Crippen molar-refractivity contribution in [3.05, 3.63) is 113 Å². The van der Waals surface area contributed by atoms with Gasteiger partial charge in [-0.25, -0.2) is 0 Å². The molecule has 2 aromatic rings. The molecule has 0 amide bonds. The summed E-state index contributed by atoms with van der Waals surface area (Å²) in [5.41, 5.74) is 8.49. The van der Waals surface area contributed by atoms with Crippen LogP contribution in [0.25, 0.3) is 5.57 Å². The van der Waals surface area contributed by atoms with E-state index in [9.17, 15) is 0 Å². The van der Waals surface area contributed by atoms with Crippen molar-refractivity contribution < 1.29 is 0 Å². The molecule has 0 spiro atoms. The van der Waals surface area contributed by atoms with E-state index in [0.29, 0.717) is 5.70 Å². The van der Waals surface area contributed by atoms with Crippen LogP contribution < -0.4 is 0 Å². The number of hydrogen-bond acceptors (Lipinski definition) is 1. The Morgan fingerprint density at radius 3 is 2.39 bits per heavy atom. The number of nitrogens with zero attached hydrogens (tertiary/aromatic N) is 1. The summed E-state index contributed by atoms with van der Waals surface area (Å²) in [5.74, 6) is 0. The second-order valence-electron chi connectivity index (χ2n) is 7.02. The van der Waals surface area contributed by atoms with Crippen molar-refractivity contribution in [1.82, 2.24) is 0 Å². The predicted molar refractivity (Wildman–Crippen MR) is 125 cm³/mol. The minimum absolute atomic E-state index is 0.712. The molecule has 0 aliphatic rings. The van der Waals surface area contributed by atoms with Gasteiger partial charge in [0.1, 0.15) is 0 Å². The van der Waals surface area contributed by atoms with Gasteiger partial charge in [0.2, 0.25) is 0 Å². The first kappa shape index (κ1) is 21.4. The summed E-state index contributed by atoms with van der Waals surface area (Å²) < 4.78 is 0. The van der Waals surface area contributed by atoms with Crippen molar-refractivity contribution in [1.29, 1.82) is 0 Å². The van der Waals surface area contributed by atoms with Crippen LogP contribution in [0.2, 0.25) is 0 Å². The molecule has 1 nitrogen and oxygen atoms in total.